The molecule has 7 heteroatoms. The average molecular weight is 326 g/mol. The summed E-state index contributed by atoms with van der Waals surface area (Å²) in [5.41, 5.74) is 2.40. The van der Waals surface area contributed by atoms with E-state index in [1.54, 1.807) is 12.4 Å². The summed E-state index contributed by atoms with van der Waals surface area (Å²) in [7, 11) is 0. The van der Waals surface area contributed by atoms with Crippen LogP contribution in [0.2, 0.25) is 0 Å². The topological polar surface area (TPSA) is 68.5 Å². The molecule has 1 N–H and O–H groups in total. The van der Waals surface area contributed by atoms with Crippen LogP contribution >= 0.6 is 11.3 Å². The number of hydrogen-bond donors (Lipinski definition) is 1. The van der Waals surface area contributed by atoms with Crippen molar-refractivity contribution >= 4 is 17.2 Å². The number of nitrogens with zero attached hydrogens (tertiary/aromatic N) is 5. The Morgan fingerprint density at radius 2 is 2.22 bits per heavy atom. The third-order valence-corrected chi connectivity index (χ3v) is 4.79. The second-order valence-electron chi connectivity index (χ2n) is 5.71. The summed E-state index contributed by atoms with van der Waals surface area (Å²) in [6.45, 7) is 3.14. The molecule has 0 bridgehead atoms. The zero-order valence-electron chi connectivity index (χ0n) is 12.9. The third kappa shape index (κ3) is 2.96. The van der Waals surface area contributed by atoms with Gasteiger partial charge in [-0.1, -0.05) is 0 Å². The van der Waals surface area contributed by atoms with E-state index in [0.29, 0.717) is 5.82 Å². The van der Waals surface area contributed by atoms with E-state index in [1.807, 2.05) is 11.4 Å². The zero-order valence-corrected chi connectivity index (χ0v) is 13.8. The van der Waals surface area contributed by atoms with Crippen LogP contribution in [0.3, 0.4) is 0 Å². The molecule has 1 unspecified atom stereocenters. The lowest BCUT2D eigenvalue weighted by molar-refractivity contribution is 0.482. The van der Waals surface area contributed by atoms with Crippen molar-refractivity contribution in [3.63, 3.8) is 0 Å². The van der Waals surface area contributed by atoms with Gasteiger partial charge >= 0.3 is 0 Å². The Labute approximate surface area is 138 Å². The minimum absolute atomic E-state index is 0.104. The number of aryl methyl sites for hydroxylation is 2. The Morgan fingerprint density at radius 1 is 1.26 bits per heavy atom. The van der Waals surface area contributed by atoms with E-state index in [9.17, 15) is 0 Å². The molecule has 6 nitrogen and oxygen atoms in total. The molecule has 0 saturated heterocycles. The predicted molar refractivity (Wildman–Crippen MR) is 90.3 cm³/mol. The molecule has 3 aromatic heterocycles. The number of nitrogens with one attached hydrogen (secondary N) is 1. The third-order valence-electron chi connectivity index (χ3n) is 4.02. The molecule has 1 atom stereocenters. The molecule has 0 spiro atoms. The molecule has 118 valence electrons. The van der Waals surface area contributed by atoms with Gasteiger partial charge in [-0.05, 0) is 38.3 Å². The molecular formula is C16H18N6S. The van der Waals surface area contributed by atoms with E-state index >= 15 is 0 Å². The molecule has 4 heterocycles. The smallest absolute Gasteiger partial charge is 0.190 e. The molecule has 1 aliphatic rings. The molecular weight excluding hydrogens is 308 g/mol. The largest absolute Gasteiger partial charge is 0.362 e. The molecule has 0 fully saturated rings. The van der Waals surface area contributed by atoms with E-state index in [-0.39, 0.29) is 6.04 Å². The summed E-state index contributed by atoms with van der Waals surface area (Å²) in [6, 6.07) is 4.19. The van der Waals surface area contributed by atoms with Gasteiger partial charge in [-0.2, -0.15) is 5.10 Å². The highest BCUT2D eigenvalue weighted by Crippen LogP contribution is 2.23. The molecule has 1 aliphatic heterocycles. The second-order valence-corrected chi connectivity index (χ2v) is 6.60. The Bertz CT molecular complexity index is 771. The summed E-state index contributed by atoms with van der Waals surface area (Å²) in [5.74, 6) is 1.45. The highest BCUT2D eigenvalue weighted by molar-refractivity contribution is 7.12. The van der Waals surface area contributed by atoms with Gasteiger partial charge in [-0.3, -0.25) is 4.68 Å². The molecule has 0 radical (unpaired) electrons. The van der Waals surface area contributed by atoms with E-state index in [1.165, 1.54) is 29.9 Å². The van der Waals surface area contributed by atoms with E-state index in [0.717, 1.165) is 29.5 Å². The van der Waals surface area contributed by atoms with Crippen LogP contribution in [0.15, 0.2) is 29.9 Å². The van der Waals surface area contributed by atoms with Crippen molar-refractivity contribution < 1.29 is 0 Å². The fraction of sp³-hybridized carbons (Fsp3) is 0.375. The number of aromatic nitrogens is 5. The summed E-state index contributed by atoms with van der Waals surface area (Å²) in [6.07, 6.45) is 7.13. The first-order valence-electron chi connectivity index (χ1n) is 7.86. The van der Waals surface area contributed by atoms with Gasteiger partial charge in [-0.15, -0.1) is 11.3 Å². The van der Waals surface area contributed by atoms with Crippen LogP contribution in [0.1, 0.15) is 37.2 Å². The van der Waals surface area contributed by atoms with Gasteiger partial charge in [-0.25, -0.2) is 15.0 Å². The SMILES string of the molecule is CC(Nc1ccnc(-c2nccs2)n1)c1cc2n(n1)CCCC2. The van der Waals surface area contributed by atoms with Crippen LogP contribution in [0, 0.1) is 0 Å². The lowest BCUT2D eigenvalue weighted by atomic mass is 10.1. The maximum Gasteiger partial charge on any atom is 0.190 e. The van der Waals surface area contributed by atoms with Gasteiger partial charge in [0, 0.05) is 30.0 Å². The first kappa shape index (κ1) is 14.3. The fourth-order valence-electron chi connectivity index (χ4n) is 2.82. The van der Waals surface area contributed by atoms with Crippen LogP contribution in [-0.4, -0.2) is 24.7 Å². The Morgan fingerprint density at radius 3 is 3.04 bits per heavy atom. The van der Waals surface area contributed by atoms with Gasteiger partial charge in [0.1, 0.15) is 5.82 Å². The number of fused-ring (bicyclic) bond motifs is 1. The first-order chi connectivity index (χ1) is 11.3. The van der Waals surface area contributed by atoms with Gasteiger partial charge in [0.2, 0.25) is 0 Å². The molecule has 23 heavy (non-hydrogen) atoms. The van der Waals surface area contributed by atoms with Crippen LogP contribution < -0.4 is 5.32 Å². The predicted octanol–water partition coefficient (Wildman–Crippen LogP) is 3.31. The highest BCUT2D eigenvalue weighted by atomic mass is 32.1. The van der Waals surface area contributed by atoms with Gasteiger partial charge in [0.05, 0.1) is 11.7 Å². The second kappa shape index (κ2) is 6.08. The van der Waals surface area contributed by atoms with Gasteiger partial charge in [0.25, 0.3) is 0 Å². The van der Waals surface area contributed by atoms with E-state index in [4.69, 9.17) is 5.10 Å². The molecule has 0 saturated carbocycles. The molecule has 0 aromatic carbocycles. The Hall–Kier alpha value is -2.28. The summed E-state index contributed by atoms with van der Waals surface area (Å²) >= 11 is 1.54. The standard InChI is InChI=1S/C16H18N6S/c1-11(13-10-12-4-2-3-8-22(12)21-13)19-14-5-6-17-15(20-14)16-18-7-9-23-16/h5-7,9-11H,2-4,8H2,1H3,(H,17,19,20). The number of hydrogen-bond acceptors (Lipinski definition) is 6. The molecule has 0 amide bonds. The van der Waals surface area contributed by atoms with Crippen LogP contribution in [-0.2, 0) is 13.0 Å². The fourth-order valence-corrected chi connectivity index (χ4v) is 3.40. The minimum Gasteiger partial charge on any atom is -0.362 e. The maximum atomic E-state index is 4.72. The number of anilines is 1. The molecule has 3 aromatic rings. The van der Waals surface area contributed by atoms with Crippen molar-refractivity contribution in [2.45, 2.75) is 38.8 Å². The molecule has 0 aliphatic carbocycles. The lowest BCUT2D eigenvalue weighted by Gasteiger charge is -2.13. The normalized spacial score (nSPS) is 15.2. The summed E-state index contributed by atoms with van der Waals surface area (Å²) in [4.78, 5) is 13.1. The highest BCUT2D eigenvalue weighted by Gasteiger charge is 2.16. The van der Waals surface area contributed by atoms with Crippen LogP contribution in [0.5, 0.6) is 0 Å². The van der Waals surface area contributed by atoms with Crippen LogP contribution in [0.4, 0.5) is 5.82 Å². The molecule has 4 rings (SSSR count). The van der Waals surface area contributed by atoms with Crippen molar-refractivity contribution in [3.8, 4) is 10.8 Å². The quantitative estimate of drug-likeness (QED) is 0.796. The minimum atomic E-state index is 0.104. The van der Waals surface area contributed by atoms with E-state index < -0.39 is 0 Å². The summed E-state index contributed by atoms with van der Waals surface area (Å²) in [5, 5.41) is 10.9. The average Bonchev–Trinajstić information content (AvgIpc) is 3.24. The van der Waals surface area contributed by atoms with Gasteiger partial charge in [0.15, 0.2) is 10.8 Å². The van der Waals surface area contributed by atoms with Gasteiger partial charge < -0.3 is 5.32 Å². The van der Waals surface area contributed by atoms with Crippen molar-refractivity contribution in [2.75, 3.05) is 5.32 Å². The first-order valence-corrected chi connectivity index (χ1v) is 8.73. The Kier molecular flexibility index (Phi) is 3.78. The monoisotopic (exact) mass is 326 g/mol. The summed E-state index contributed by atoms with van der Waals surface area (Å²) < 4.78 is 2.14. The lowest BCUT2D eigenvalue weighted by Crippen LogP contribution is -2.12. The van der Waals surface area contributed by atoms with Crippen molar-refractivity contribution in [2.24, 2.45) is 0 Å². The van der Waals surface area contributed by atoms with Crippen molar-refractivity contribution in [1.29, 1.82) is 0 Å². The van der Waals surface area contributed by atoms with Crippen molar-refractivity contribution in [3.05, 3.63) is 41.3 Å². The number of rotatable bonds is 4. The number of thiazole rings is 1. The zero-order chi connectivity index (χ0) is 15.6. The van der Waals surface area contributed by atoms with E-state index in [2.05, 4.69) is 37.9 Å². The Balaban J connectivity index is 1.53. The van der Waals surface area contributed by atoms with Crippen molar-refractivity contribution in [1.82, 2.24) is 24.7 Å². The van der Waals surface area contributed by atoms with Crippen LogP contribution in [0.25, 0.3) is 10.8 Å². The maximum absolute atomic E-state index is 4.72.